The minimum atomic E-state index is -0.937. The Morgan fingerprint density at radius 1 is 1.32 bits per heavy atom. The van der Waals surface area contributed by atoms with Gasteiger partial charge in [-0.25, -0.2) is 0 Å². The molecule has 0 spiro atoms. The number of fused-ring (bicyclic) bond motifs is 1. The largest absolute Gasteiger partial charge is 0.387 e. The standard InChI is InChI=1S/C17H16N4O4/c1-10-16(21(24)25)15(20-19-10)17(23)18-9-14(22)13-7-6-11-4-2-3-5-12(11)8-13/h2-8,14,22H,9H2,1H3,(H,18,23)(H,19,20). The first kappa shape index (κ1) is 16.6. The van der Waals surface area contributed by atoms with Gasteiger partial charge in [-0.3, -0.25) is 20.0 Å². The summed E-state index contributed by atoms with van der Waals surface area (Å²) in [6, 6.07) is 13.2. The Hall–Kier alpha value is -3.26. The van der Waals surface area contributed by atoms with Crippen LogP contribution in [0.25, 0.3) is 10.8 Å². The lowest BCUT2D eigenvalue weighted by atomic mass is 10.0. The second kappa shape index (κ2) is 6.70. The molecular formula is C17H16N4O4. The summed E-state index contributed by atoms with van der Waals surface area (Å²) in [5, 5.41) is 31.9. The van der Waals surface area contributed by atoms with E-state index in [0.717, 1.165) is 10.8 Å². The van der Waals surface area contributed by atoms with Crippen LogP contribution < -0.4 is 5.32 Å². The predicted molar refractivity (Wildman–Crippen MR) is 91.2 cm³/mol. The lowest BCUT2D eigenvalue weighted by Crippen LogP contribution is -2.29. The number of rotatable bonds is 5. The maximum Gasteiger partial charge on any atom is 0.322 e. The molecule has 2 aromatic carbocycles. The van der Waals surface area contributed by atoms with E-state index < -0.39 is 16.9 Å². The Labute approximate surface area is 142 Å². The second-order valence-electron chi connectivity index (χ2n) is 5.64. The number of H-pyrrole nitrogens is 1. The number of hydrogen-bond donors (Lipinski definition) is 3. The fraction of sp³-hybridized carbons (Fsp3) is 0.176. The average molecular weight is 340 g/mol. The van der Waals surface area contributed by atoms with E-state index in [1.165, 1.54) is 6.92 Å². The zero-order chi connectivity index (χ0) is 18.0. The molecule has 25 heavy (non-hydrogen) atoms. The Balaban J connectivity index is 1.72. The zero-order valence-electron chi connectivity index (χ0n) is 13.4. The fourth-order valence-corrected chi connectivity index (χ4v) is 2.61. The molecule has 0 saturated heterocycles. The van der Waals surface area contributed by atoms with Crippen LogP contribution in [0, 0.1) is 17.0 Å². The fourth-order valence-electron chi connectivity index (χ4n) is 2.61. The number of aliphatic hydroxyl groups excluding tert-OH is 1. The highest BCUT2D eigenvalue weighted by molar-refractivity contribution is 5.96. The van der Waals surface area contributed by atoms with Gasteiger partial charge in [0.05, 0.1) is 11.0 Å². The molecule has 1 aromatic heterocycles. The van der Waals surface area contributed by atoms with E-state index in [1.54, 1.807) is 6.07 Å². The molecule has 0 bridgehead atoms. The van der Waals surface area contributed by atoms with Crippen molar-refractivity contribution in [2.75, 3.05) is 6.54 Å². The molecule has 1 heterocycles. The van der Waals surface area contributed by atoms with Crippen LogP contribution in [0.2, 0.25) is 0 Å². The van der Waals surface area contributed by atoms with Crippen LogP contribution in [-0.2, 0) is 0 Å². The van der Waals surface area contributed by atoms with Crippen LogP contribution in [0.5, 0.6) is 0 Å². The minimum absolute atomic E-state index is 0.0831. The van der Waals surface area contributed by atoms with Crippen molar-refractivity contribution in [3.63, 3.8) is 0 Å². The van der Waals surface area contributed by atoms with Crippen molar-refractivity contribution in [2.24, 2.45) is 0 Å². The van der Waals surface area contributed by atoms with Crippen molar-refractivity contribution >= 4 is 22.4 Å². The van der Waals surface area contributed by atoms with E-state index in [-0.39, 0.29) is 23.6 Å². The van der Waals surface area contributed by atoms with E-state index in [1.807, 2.05) is 36.4 Å². The summed E-state index contributed by atoms with van der Waals surface area (Å²) in [5.74, 6) is -0.712. The van der Waals surface area contributed by atoms with Crippen LogP contribution >= 0.6 is 0 Å². The SMILES string of the molecule is Cc1[nH]nc(C(=O)NCC(O)c2ccc3ccccc3c2)c1[N+](=O)[O-]. The summed E-state index contributed by atoms with van der Waals surface area (Å²) < 4.78 is 0. The van der Waals surface area contributed by atoms with Gasteiger partial charge < -0.3 is 10.4 Å². The molecule has 128 valence electrons. The third kappa shape index (κ3) is 3.33. The third-order valence-electron chi connectivity index (χ3n) is 3.93. The summed E-state index contributed by atoms with van der Waals surface area (Å²) in [4.78, 5) is 22.5. The van der Waals surface area contributed by atoms with Crippen LogP contribution in [0.1, 0.15) is 27.8 Å². The molecule has 0 fully saturated rings. The molecule has 0 aliphatic heterocycles. The number of carbonyl (C=O) groups is 1. The van der Waals surface area contributed by atoms with Gasteiger partial charge in [-0.15, -0.1) is 0 Å². The number of nitrogens with one attached hydrogen (secondary N) is 2. The number of aliphatic hydroxyl groups is 1. The van der Waals surface area contributed by atoms with Gasteiger partial charge in [0, 0.05) is 6.54 Å². The van der Waals surface area contributed by atoms with Gasteiger partial charge in [-0.1, -0.05) is 36.4 Å². The summed E-state index contributed by atoms with van der Waals surface area (Å²) in [6.07, 6.45) is -0.937. The summed E-state index contributed by atoms with van der Waals surface area (Å²) in [5.41, 5.74) is 0.183. The number of hydrogen-bond acceptors (Lipinski definition) is 5. The highest BCUT2D eigenvalue weighted by Crippen LogP contribution is 2.22. The monoisotopic (exact) mass is 340 g/mol. The van der Waals surface area contributed by atoms with Gasteiger partial charge in [-0.2, -0.15) is 5.10 Å². The molecule has 1 amide bonds. The number of carbonyl (C=O) groups excluding carboxylic acids is 1. The van der Waals surface area contributed by atoms with E-state index >= 15 is 0 Å². The second-order valence-corrected chi connectivity index (χ2v) is 5.64. The first-order valence-electron chi connectivity index (χ1n) is 7.61. The molecule has 1 unspecified atom stereocenters. The van der Waals surface area contributed by atoms with Gasteiger partial charge in [0.2, 0.25) is 5.69 Å². The zero-order valence-corrected chi connectivity index (χ0v) is 13.4. The first-order chi connectivity index (χ1) is 12.0. The number of aromatic nitrogens is 2. The van der Waals surface area contributed by atoms with E-state index in [4.69, 9.17) is 0 Å². The number of nitro groups is 1. The van der Waals surface area contributed by atoms with Crippen molar-refractivity contribution in [3.05, 3.63) is 69.5 Å². The lowest BCUT2D eigenvalue weighted by molar-refractivity contribution is -0.385. The van der Waals surface area contributed by atoms with Crippen molar-refractivity contribution in [2.45, 2.75) is 13.0 Å². The van der Waals surface area contributed by atoms with Crippen LogP contribution in [0.15, 0.2) is 42.5 Å². The van der Waals surface area contributed by atoms with Gasteiger partial charge in [-0.05, 0) is 29.3 Å². The predicted octanol–water partition coefficient (Wildman–Crippen LogP) is 2.24. The number of aromatic amines is 1. The molecule has 3 aromatic rings. The highest BCUT2D eigenvalue weighted by Gasteiger charge is 2.27. The maximum absolute atomic E-state index is 12.1. The molecule has 0 saturated carbocycles. The molecule has 0 radical (unpaired) electrons. The molecule has 1 atom stereocenters. The average Bonchev–Trinajstić information content (AvgIpc) is 3.00. The van der Waals surface area contributed by atoms with Crippen LogP contribution in [0.3, 0.4) is 0 Å². The smallest absolute Gasteiger partial charge is 0.322 e. The van der Waals surface area contributed by atoms with E-state index in [2.05, 4.69) is 15.5 Å². The molecule has 8 nitrogen and oxygen atoms in total. The Bertz CT molecular complexity index is 951. The normalized spacial score (nSPS) is 12.1. The Morgan fingerprint density at radius 3 is 2.76 bits per heavy atom. The molecule has 3 rings (SSSR count). The Kier molecular flexibility index (Phi) is 4.44. The van der Waals surface area contributed by atoms with Crippen molar-refractivity contribution in [1.29, 1.82) is 0 Å². The molecular weight excluding hydrogens is 324 g/mol. The van der Waals surface area contributed by atoms with E-state index in [9.17, 15) is 20.0 Å². The topological polar surface area (TPSA) is 121 Å². The molecule has 0 aliphatic rings. The summed E-state index contributed by atoms with van der Waals surface area (Å²) in [7, 11) is 0. The summed E-state index contributed by atoms with van der Waals surface area (Å²) >= 11 is 0. The third-order valence-corrected chi connectivity index (χ3v) is 3.93. The van der Waals surface area contributed by atoms with Crippen molar-refractivity contribution in [3.8, 4) is 0 Å². The lowest BCUT2D eigenvalue weighted by Gasteiger charge is -2.12. The van der Waals surface area contributed by atoms with Gasteiger partial charge in [0.15, 0.2) is 0 Å². The quantitative estimate of drug-likeness (QED) is 0.486. The summed E-state index contributed by atoms with van der Waals surface area (Å²) in [6.45, 7) is 1.38. The number of amides is 1. The molecule has 8 heteroatoms. The van der Waals surface area contributed by atoms with Crippen molar-refractivity contribution in [1.82, 2.24) is 15.5 Å². The molecule has 0 aliphatic carbocycles. The first-order valence-corrected chi connectivity index (χ1v) is 7.61. The Morgan fingerprint density at radius 2 is 2.04 bits per heavy atom. The minimum Gasteiger partial charge on any atom is -0.387 e. The number of aryl methyl sites for hydroxylation is 1. The highest BCUT2D eigenvalue weighted by atomic mass is 16.6. The van der Waals surface area contributed by atoms with Gasteiger partial charge in [0.25, 0.3) is 5.91 Å². The van der Waals surface area contributed by atoms with E-state index in [0.29, 0.717) is 5.56 Å². The molecule has 3 N–H and O–H groups in total. The maximum atomic E-state index is 12.1. The van der Waals surface area contributed by atoms with Crippen LogP contribution in [0.4, 0.5) is 5.69 Å². The number of benzene rings is 2. The van der Waals surface area contributed by atoms with Gasteiger partial charge in [0.1, 0.15) is 5.69 Å². The number of nitrogens with zero attached hydrogens (tertiary/aromatic N) is 2. The van der Waals surface area contributed by atoms with Crippen LogP contribution in [-0.4, -0.2) is 32.7 Å². The van der Waals surface area contributed by atoms with Gasteiger partial charge >= 0.3 is 5.69 Å². The van der Waals surface area contributed by atoms with Crippen molar-refractivity contribution < 1.29 is 14.8 Å².